The molecule has 2 heterocycles. The number of aromatic nitrogens is 1. The van der Waals surface area contributed by atoms with Gasteiger partial charge in [-0.15, -0.1) is 0 Å². The molecule has 1 saturated heterocycles. The number of rotatable bonds is 2. The van der Waals surface area contributed by atoms with Gasteiger partial charge in [-0.1, -0.05) is 30.5 Å². The number of aromatic amines is 1. The average Bonchev–Trinajstić information content (AvgIpc) is 3.15. The molecular weight excluding hydrogens is 328 g/mol. The zero-order valence-electron chi connectivity index (χ0n) is 13.2. The predicted molar refractivity (Wildman–Crippen MR) is 91.3 cm³/mol. The van der Waals surface area contributed by atoms with Crippen LogP contribution in [0, 0.1) is 5.92 Å². The molecule has 0 spiro atoms. The van der Waals surface area contributed by atoms with Crippen LogP contribution in [-0.4, -0.2) is 39.0 Å². The molecule has 1 amide bonds. The molecule has 4 rings (SSSR count). The number of carbonyl (C=O) groups excluding carboxylic acids is 1. The van der Waals surface area contributed by atoms with Gasteiger partial charge in [-0.2, -0.15) is 0 Å². The number of H-pyrrole nitrogens is 1. The molecule has 2 N–H and O–H groups in total. The van der Waals surface area contributed by atoms with Gasteiger partial charge in [0.2, 0.25) is 0 Å². The Hall–Kier alpha value is -2.01. The number of fused-ring (bicyclic) bond motifs is 2. The Bertz CT molecular complexity index is 816. The Morgan fingerprint density at radius 2 is 2.00 bits per heavy atom. The monoisotopic (exact) mass is 346 g/mol. The summed E-state index contributed by atoms with van der Waals surface area (Å²) < 4.78 is 0. The first-order valence-electron chi connectivity index (χ1n) is 8.38. The Balaban J connectivity index is 1.70. The van der Waals surface area contributed by atoms with E-state index in [0.717, 1.165) is 36.6 Å². The lowest BCUT2D eigenvalue weighted by Crippen LogP contribution is -2.46. The Kier molecular flexibility index (Phi) is 3.76. The normalized spacial score (nSPS) is 26.5. The van der Waals surface area contributed by atoms with Crippen molar-refractivity contribution < 1.29 is 14.7 Å². The van der Waals surface area contributed by atoms with E-state index >= 15 is 0 Å². The van der Waals surface area contributed by atoms with Crippen molar-refractivity contribution in [2.75, 3.05) is 0 Å². The number of benzene rings is 1. The van der Waals surface area contributed by atoms with Gasteiger partial charge in [-0.3, -0.25) is 4.79 Å². The lowest BCUT2D eigenvalue weighted by Gasteiger charge is -2.32. The topological polar surface area (TPSA) is 73.4 Å². The van der Waals surface area contributed by atoms with Gasteiger partial charge in [0.25, 0.3) is 5.91 Å². The van der Waals surface area contributed by atoms with Crippen LogP contribution in [-0.2, 0) is 4.79 Å². The summed E-state index contributed by atoms with van der Waals surface area (Å²) in [7, 11) is 0. The molecule has 5 nitrogen and oxygen atoms in total. The number of nitrogens with zero attached hydrogens (tertiary/aromatic N) is 1. The van der Waals surface area contributed by atoms with Crippen molar-refractivity contribution in [1.29, 1.82) is 0 Å². The first kappa shape index (κ1) is 15.5. The molecule has 0 bridgehead atoms. The van der Waals surface area contributed by atoms with Crippen molar-refractivity contribution in [3.8, 4) is 0 Å². The molecular formula is C18H19ClN2O3. The summed E-state index contributed by atoms with van der Waals surface area (Å²) in [6.45, 7) is 0. The third kappa shape index (κ3) is 2.47. The molecule has 1 aliphatic carbocycles. The minimum atomic E-state index is -0.906. The van der Waals surface area contributed by atoms with Crippen LogP contribution in [0.1, 0.15) is 42.6 Å². The summed E-state index contributed by atoms with van der Waals surface area (Å²) in [5, 5.41) is 11.1. The van der Waals surface area contributed by atoms with Crippen LogP contribution in [0.15, 0.2) is 24.3 Å². The zero-order valence-corrected chi connectivity index (χ0v) is 13.9. The number of hydrogen-bond acceptors (Lipinski definition) is 2. The maximum Gasteiger partial charge on any atom is 0.326 e. The van der Waals surface area contributed by atoms with Crippen LogP contribution in [0.5, 0.6) is 0 Å². The lowest BCUT2D eigenvalue weighted by atomic mass is 9.84. The van der Waals surface area contributed by atoms with Gasteiger partial charge in [0.1, 0.15) is 11.7 Å². The highest BCUT2D eigenvalue weighted by atomic mass is 35.5. The second-order valence-corrected chi connectivity index (χ2v) is 7.27. The highest BCUT2D eigenvalue weighted by Crippen LogP contribution is 2.40. The smallest absolute Gasteiger partial charge is 0.326 e. The molecule has 2 fully saturated rings. The van der Waals surface area contributed by atoms with E-state index in [0.29, 0.717) is 23.1 Å². The molecule has 3 unspecified atom stereocenters. The maximum atomic E-state index is 13.1. The third-order valence-electron chi connectivity index (χ3n) is 5.42. The van der Waals surface area contributed by atoms with Gasteiger partial charge in [0, 0.05) is 22.0 Å². The van der Waals surface area contributed by atoms with E-state index in [1.54, 1.807) is 23.1 Å². The predicted octanol–water partition coefficient (Wildman–Crippen LogP) is 3.68. The van der Waals surface area contributed by atoms with Crippen LogP contribution in [0.3, 0.4) is 0 Å². The highest BCUT2D eigenvalue weighted by molar-refractivity contribution is 6.31. The molecule has 2 aromatic rings. The van der Waals surface area contributed by atoms with Crippen LogP contribution < -0.4 is 0 Å². The second-order valence-electron chi connectivity index (χ2n) is 6.83. The van der Waals surface area contributed by atoms with E-state index in [-0.39, 0.29) is 11.9 Å². The molecule has 0 radical (unpaired) electrons. The third-order valence-corrected chi connectivity index (χ3v) is 5.66. The van der Waals surface area contributed by atoms with E-state index in [1.807, 2.05) is 6.07 Å². The van der Waals surface area contributed by atoms with E-state index in [4.69, 9.17) is 11.6 Å². The van der Waals surface area contributed by atoms with Gasteiger partial charge >= 0.3 is 5.97 Å². The lowest BCUT2D eigenvalue weighted by molar-refractivity contribution is -0.141. The molecule has 6 heteroatoms. The van der Waals surface area contributed by atoms with Gasteiger partial charge in [0.05, 0.1) is 0 Å². The number of carboxylic acids is 1. The summed E-state index contributed by atoms with van der Waals surface area (Å²) in [5.41, 5.74) is 1.22. The number of halogens is 1. The first-order valence-corrected chi connectivity index (χ1v) is 8.76. The van der Waals surface area contributed by atoms with Crippen molar-refractivity contribution in [3.63, 3.8) is 0 Å². The number of amides is 1. The summed E-state index contributed by atoms with van der Waals surface area (Å²) in [6, 6.07) is 6.51. The van der Waals surface area contributed by atoms with Crippen LogP contribution in [0.25, 0.3) is 10.9 Å². The Labute approximate surface area is 144 Å². The standard InChI is InChI=1S/C18H19ClN2O3/c19-12-6-5-10-7-14(20-13(10)9-12)17(22)21-15-4-2-1-3-11(15)8-16(21)18(23)24/h5-7,9,11,15-16,20H,1-4,8H2,(H,23,24). The zero-order chi connectivity index (χ0) is 16.8. The van der Waals surface area contributed by atoms with Crippen LogP contribution in [0.4, 0.5) is 0 Å². The van der Waals surface area contributed by atoms with Crippen molar-refractivity contribution >= 4 is 34.4 Å². The summed E-state index contributed by atoms with van der Waals surface area (Å²) in [4.78, 5) is 29.5. The number of hydrogen-bond donors (Lipinski definition) is 2. The van der Waals surface area contributed by atoms with E-state index in [2.05, 4.69) is 4.98 Å². The Morgan fingerprint density at radius 3 is 2.79 bits per heavy atom. The summed E-state index contributed by atoms with van der Waals surface area (Å²) in [5.74, 6) is -0.816. The molecule has 126 valence electrons. The number of carboxylic acid groups (broad SMARTS) is 1. The van der Waals surface area contributed by atoms with Crippen molar-refractivity contribution in [3.05, 3.63) is 35.0 Å². The maximum absolute atomic E-state index is 13.1. The average molecular weight is 347 g/mol. The number of likely N-dealkylation sites (tertiary alicyclic amines) is 1. The van der Waals surface area contributed by atoms with Gasteiger partial charge in [-0.05, 0) is 43.4 Å². The first-order chi connectivity index (χ1) is 11.5. The molecule has 1 aromatic heterocycles. The quantitative estimate of drug-likeness (QED) is 0.871. The second kappa shape index (κ2) is 5.81. The highest BCUT2D eigenvalue weighted by Gasteiger charge is 2.47. The molecule has 3 atom stereocenters. The minimum Gasteiger partial charge on any atom is -0.480 e. The van der Waals surface area contributed by atoms with Crippen molar-refractivity contribution in [2.45, 2.75) is 44.2 Å². The fraction of sp³-hybridized carbons (Fsp3) is 0.444. The summed E-state index contributed by atoms with van der Waals surface area (Å²) >= 11 is 6.00. The summed E-state index contributed by atoms with van der Waals surface area (Å²) in [6.07, 6.45) is 4.66. The van der Waals surface area contributed by atoms with E-state index in [1.165, 1.54) is 0 Å². The van der Waals surface area contributed by atoms with Crippen molar-refractivity contribution in [1.82, 2.24) is 9.88 Å². The molecule has 1 saturated carbocycles. The SMILES string of the molecule is O=C(O)C1CC2CCCCC2N1C(=O)c1cc2ccc(Cl)cc2[nH]1. The van der Waals surface area contributed by atoms with Crippen molar-refractivity contribution in [2.24, 2.45) is 5.92 Å². The van der Waals surface area contributed by atoms with E-state index < -0.39 is 12.0 Å². The number of carbonyl (C=O) groups is 2. The molecule has 1 aliphatic heterocycles. The number of nitrogens with one attached hydrogen (secondary N) is 1. The minimum absolute atomic E-state index is 0.0438. The largest absolute Gasteiger partial charge is 0.480 e. The van der Waals surface area contributed by atoms with Gasteiger partial charge < -0.3 is 15.0 Å². The Morgan fingerprint density at radius 1 is 1.21 bits per heavy atom. The van der Waals surface area contributed by atoms with Crippen LogP contribution >= 0.6 is 11.6 Å². The molecule has 24 heavy (non-hydrogen) atoms. The molecule has 2 aliphatic rings. The van der Waals surface area contributed by atoms with Crippen LogP contribution in [0.2, 0.25) is 5.02 Å². The van der Waals surface area contributed by atoms with E-state index in [9.17, 15) is 14.7 Å². The van der Waals surface area contributed by atoms with Gasteiger partial charge in [0.15, 0.2) is 0 Å². The molecule has 1 aromatic carbocycles. The fourth-order valence-electron chi connectivity index (χ4n) is 4.33. The number of aliphatic carboxylic acids is 1. The fourth-order valence-corrected chi connectivity index (χ4v) is 4.50. The van der Waals surface area contributed by atoms with Gasteiger partial charge in [-0.25, -0.2) is 4.79 Å².